The van der Waals surface area contributed by atoms with Crippen molar-refractivity contribution in [2.75, 3.05) is 7.11 Å². The number of amides is 1. The maximum Gasteiger partial charge on any atom is 0.240 e. The zero-order valence-corrected chi connectivity index (χ0v) is 15.7. The number of hydrogen-bond acceptors (Lipinski definition) is 4. The van der Waals surface area contributed by atoms with Gasteiger partial charge in [0.15, 0.2) is 0 Å². The molecule has 1 aromatic carbocycles. The van der Waals surface area contributed by atoms with E-state index in [1.165, 1.54) is 0 Å². The molecule has 1 saturated heterocycles. The Morgan fingerprint density at radius 1 is 1.30 bits per heavy atom. The number of benzene rings is 1. The number of ether oxygens (including phenoxy) is 1. The standard InChI is InChI=1S/C17H26BrN3O2/c1-5-13(11-6-8-12(23-4)9-7-11)19-17(22)16-14(18)15(10(2)3)20-21-16/h6-10,13-16,20-21H,5H2,1-4H3,(H,19,22). The fourth-order valence-corrected chi connectivity index (χ4v) is 3.93. The van der Waals surface area contributed by atoms with E-state index in [9.17, 15) is 4.79 Å². The van der Waals surface area contributed by atoms with Gasteiger partial charge in [0, 0.05) is 6.04 Å². The molecule has 1 amide bonds. The number of rotatable bonds is 6. The van der Waals surface area contributed by atoms with Crippen LogP contribution in [0, 0.1) is 5.92 Å². The Kier molecular flexibility index (Phi) is 6.44. The molecule has 23 heavy (non-hydrogen) atoms. The minimum absolute atomic E-state index is 0.00481. The summed E-state index contributed by atoms with van der Waals surface area (Å²) >= 11 is 3.66. The molecule has 1 aliphatic rings. The van der Waals surface area contributed by atoms with Gasteiger partial charge in [0.05, 0.1) is 18.0 Å². The fraction of sp³-hybridized carbons (Fsp3) is 0.588. The molecule has 1 fully saturated rings. The van der Waals surface area contributed by atoms with E-state index in [-0.39, 0.29) is 28.9 Å². The van der Waals surface area contributed by atoms with Crippen LogP contribution in [0.4, 0.5) is 0 Å². The summed E-state index contributed by atoms with van der Waals surface area (Å²) in [6.07, 6.45) is 0.832. The van der Waals surface area contributed by atoms with Crippen molar-refractivity contribution in [2.45, 2.75) is 50.1 Å². The van der Waals surface area contributed by atoms with Gasteiger partial charge in [0.1, 0.15) is 11.8 Å². The van der Waals surface area contributed by atoms with Crippen LogP contribution in [-0.2, 0) is 4.79 Å². The van der Waals surface area contributed by atoms with Gasteiger partial charge in [-0.3, -0.25) is 10.2 Å². The molecule has 0 bridgehead atoms. The number of halogens is 1. The highest BCUT2D eigenvalue weighted by Gasteiger charge is 2.40. The molecule has 0 spiro atoms. The van der Waals surface area contributed by atoms with E-state index >= 15 is 0 Å². The quantitative estimate of drug-likeness (QED) is 0.660. The lowest BCUT2D eigenvalue weighted by Crippen LogP contribution is -2.47. The van der Waals surface area contributed by atoms with Crippen LogP contribution in [-0.4, -0.2) is 29.9 Å². The molecule has 3 N–H and O–H groups in total. The highest BCUT2D eigenvalue weighted by atomic mass is 79.9. The van der Waals surface area contributed by atoms with Crippen LogP contribution in [0.5, 0.6) is 5.75 Å². The first-order valence-corrected chi connectivity index (χ1v) is 8.99. The van der Waals surface area contributed by atoms with Crippen LogP contribution < -0.4 is 20.9 Å². The Labute approximate surface area is 146 Å². The van der Waals surface area contributed by atoms with E-state index in [1.807, 2.05) is 24.3 Å². The van der Waals surface area contributed by atoms with Gasteiger partial charge in [-0.05, 0) is 30.0 Å². The number of carbonyl (C=O) groups excluding carboxylic acids is 1. The minimum Gasteiger partial charge on any atom is -0.497 e. The normalized spacial score (nSPS) is 25.4. The minimum atomic E-state index is -0.283. The maximum absolute atomic E-state index is 12.6. The second-order valence-corrected chi connectivity index (χ2v) is 7.28. The molecule has 128 valence electrons. The van der Waals surface area contributed by atoms with Gasteiger partial charge >= 0.3 is 0 Å². The van der Waals surface area contributed by atoms with E-state index in [1.54, 1.807) is 7.11 Å². The van der Waals surface area contributed by atoms with E-state index in [0.717, 1.165) is 17.7 Å². The summed E-state index contributed by atoms with van der Waals surface area (Å²) in [6, 6.07) is 7.77. The van der Waals surface area contributed by atoms with Crippen molar-refractivity contribution in [2.24, 2.45) is 5.92 Å². The molecule has 4 atom stereocenters. The molecule has 0 aromatic heterocycles. The molecule has 0 radical (unpaired) electrons. The van der Waals surface area contributed by atoms with Crippen molar-refractivity contribution in [1.29, 1.82) is 0 Å². The fourth-order valence-electron chi connectivity index (χ4n) is 2.82. The molecule has 0 aliphatic carbocycles. The molecule has 1 heterocycles. The Bertz CT molecular complexity index is 521. The highest BCUT2D eigenvalue weighted by Crippen LogP contribution is 2.24. The predicted octanol–water partition coefficient (Wildman–Crippen LogP) is 2.53. The molecule has 0 saturated carbocycles. The van der Waals surface area contributed by atoms with Gasteiger partial charge in [-0.15, -0.1) is 0 Å². The van der Waals surface area contributed by atoms with E-state index in [2.05, 4.69) is 52.9 Å². The third-order valence-electron chi connectivity index (χ3n) is 4.31. The van der Waals surface area contributed by atoms with Crippen LogP contribution in [0.1, 0.15) is 38.8 Å². The first-order valence-electron chi connectivity index (χ1n) is 8.07. The summed E-state index contributed by atoms with van der Waals surface area (Å²) < 4.78 is 5.18. The van der Waals surface area contributed by atoms with Crippen LogP contribution in [0.25, 0.3) is 0 Å². The molecule has 1 aromatic rings. The summed E-state index contributed by atoms with van der Waals surface area (Å²) in [4.78, 5) is 12.7. The number of alkyl halides is 1. The lowest BCUT2D eigenvalue weighted by atomic mass is 9.98. The van der Waals surface area contributed by atoms with Gasteiger partial charge in [0.25, 0.3) is 0 Å². The third-order valence-corrected chi connectivity index (χ3v) is 5.41. The van der Waals surface area contributed by atoms with E-state index < -0.39 is 0 Å². The summed E-state index contributed by atoms with van der Waals surface area (Å²) in [5.41, 5.74) is 7.40. The number of carbonyl (C=O) groups is 1. The van der Waals surface area contributed by atoms with Gasteiger partial charge in [-0.25, -0.2) is 5.43 Å². The second-order valence-electron chi connectivity index (χ2n) is 6.22. The average molecular weight is 384 g/mol. The summed E-state index contributed by atoms with van der Waals surface area (Å²) in [5.74, 6) is 1.26. The number of methoxy groups -OCH3 is 1. The van der Waals surface area contributed by atoms with Crippen LogP contribution in [0.3, 0.4) is 0 Å². The van der Waals surface area contributed by atoms with Crippen LogP contribution in [0.2, 0.25) is 0 Å². The average Bonchev–Trinajstić information content (AvgIpc) is 2.94. The lowest BCUT2D eigenvalue weighted by Gasteiger charge is -2.23. The van der Waals surface area contributed by atoms with E-state index in [4.69, 9.17) is 4.74 Å². The molecule has 2 rings (SSSR count). The summed E-state index contributed by atoms with van der Waals surface area (Å²) in [7, 11) is 1.65. The first kappa shape index (κ1) is 18.2. The molecule has 5 nitrogen and oxygen atoms in total. The van der Waals surface area contributed by atoms with Gasteiger partial charge < -0.3 is 10.1 Å². The first-order chi connectivity index (χ1) is 11.0. The molecule has 1 aliphatic heterocycles. The van der Waals surface area contributed by atoms with E-state index in [0.29, 0.717) is 5.92 Å². The van der Waals surface area contributed by atoms with Gasteiger partial charge in [-0.1, -0.05) is 48.8 Å². The van der Waals surface area contributed by atoms with Crippen LogP contribution in [0.15, 0.2) is 24.3 Å². The zero-order valence-electron chi connectivity index (χ0n) is 14.1. The lowest BCUT2D eigenvalue weighted by molar-refractivity contribution is -0.123. The molecule has 4 unspecified atom stereocenters. The Balaban J connectivity index is 2.02. The Hall–Kier alpha value is -1.11. The molecule has 6 heteroatoms. The van der Waals surface area contributed by atoms with Crippen LogP contribution >= 0.6 is 15.9 Å². The maximum atomic E-state index is 12.6. The molecular formula is C17H26BrN3O2. The van der Waals surface area contributed by atoms with Crippen molar-refractivity contribution < 1.29 is 9.53 Å². The van der Waals surface area contributed by atoms with Crippen molar-refractivity contribution >= 4 is 21.8 Å². The smallest absolute Gasteiger partial charge is 0.240 e. The number of hydrazine groups is 1. The SMILES string of the molecule is CCC(NC(=O)C1NNC(C(C)C)C1Br)c1ccc(OC)cc1. The molecular weight excluding hydrogens is 358 g/mol. The van der Waals surface area contributed by atoms with Crippen molar-refractivity contribution in [3.8, 4) is 5.75 Å². The van der Waals surface area contributed by atoms with Gasteiger partial charge in [-0.2, -0.15) is 0 Å². The highest BCUT2D eigenvalue weighted by molar-refractivity contribution is 9.09. The summed E-state index contributed by atoms with van der Waals surface area (Å²) in [6.45, 7) is 6.35. The monoisotopic (exact) mass is 383 g/mol. The van der Waals surface area contributed by atoms with Crippen molar-refractivity contribution in [3.05, 3.63) is 29.8 Å². The number of nitrogens with one attached hydrogen (secondary N) is 3. The number of hydrogen-bond donors (Lipinski definition) is 3. The summed E-state index contributed by atoms with van der Waals surface area (Å²) in [5, 5.41) is 3.14. The van der Waals surface area contributed by atoms with Gasteiger partial charge in [0.2, 0.25) is 5.91 Å². The zero-order chi connectivity index (χ0) is 17.0. The van der Waals surface area contributed by atoms with Crippen molar-refractivity contribution in [3.63, 3.8) is 0 Å². The third kappa shape index (κ3) is 4.25. The second kappa shape index (κ2) is 8.13. The Morgan fingerprint density at radius 2 is 1.96 bits per heavy atom. The largest absolute Gasteiger partial charge is 0.497 e. The predicted molar refractivity (Wildman–Crippen MR) is 95.6 cm³/mol. The Morgan fingerprint density at radius 3 is 2.43 bits per heavy atom. The van der Waals surface area contributed by atoms with Crippen molar-refractivity contribution in [1.82, 2.24) is 16.2 Å². The topological polar surface area (TPSA) is 62.4 Å².